The molecule has 0 saturated heterocycles. The topological polar surface area (TPSA) is 86.0 Å². The summed E-state index contributed by atoms with van der Waals surface area (Å²) in [7, 11) is 0. The van der Waals surface area contributed by atoms with E-state index < -0.39 is 5.97 Å². The molecule has 5 heteroatoms. The van der Waals surface area contributed by atoms with E-state index in [1.807, 2.05) is 6.07 Å². The normalized spacial score (nSPS) is 11.9. The van der Waals surface area contributed by atoms with E-state index in [1.165, 1.54) is 6.20 Å². The molecule has 0 fully saturated rings. The van der Waals surface area contributed by atoms with Gasteiger partial charge in [-0.3, -0.25) is 4.79 Å². The zero-order chi connectivity index (χ0) is 14.3. The summed E-state index contributed by atoms with van der Waals surface area (Å²) in [5.41, 5.74) is 0.509. The Morgan fingerprint density at radius 2 is 2.26 bits per heavy atom. The van der Waals surface area contributed by atoms with Crippen LogP contribution in [0.2, 0.25) is 0 Å². The molecule has 0 aromatic carbocycles. The third kappa shape index (κ3) is 5.87. The standard InChI is InChI=1S/C14H19N3O2/c1-10(2)5-12(6-14(18)19)9-17-13-4-3-11(7-15)8-16-13/h3-4,8,10,12H,5-6,9H2,1-2H3,(H,16,17)(H,18,19). The number of aliphatic carboxylic acids is 1. The maximum absolute atomic E-state index is 10.8. The van der Waals surface area contributed by atoms with Crippen molar-refractivity contribution in [3.63, 3.8) is 0 Å². The summed E-state index contributed by atoms with van der Waals surface area (Å²) < 4.78 is 0. The first-order valence-corrected chi connectivity index (χ1v) is 6.33. The van der Waals surface area contributed by atoms with Gasteiger partial charge < -0.3 is 10.4 Å². The van der Waals surface area contributed by atoms with Crippen LogP contribution in [0.4, 0.5) is 5.82 Å². The number of carboxylic acid groups (broad SMARTS) is 1. The molecule has 1 unspecified atom stereocenters. The van der Waals surface area contributed by atoms with Gasteiger partial charge in [-0.2, -0.15) is 5.26 Å². The highest BCUT2D eigenvalue weighted by molar-refractivity contribution is 5.67. The maximum Gasteiger partial charge on any atom is 0.303 e. The van der Waals surface area contributed by atoms with E-state index in [-0.39, 0.29) is 12.3 Å². The van der Waals surface area contributed by atoms with Crippen LogP contribution < -0.4 is 5.32 Å². The molecule has 19 heavy (non-hydrogen) atoms. The first-order chi connectivity index (χ1) is 9.01. The molecule has 102 valence electrons. The van der Waals surface area contributed by atoms with Crippen molar-refractivity contribution in [3.8, 4) is 6.07 Å². The van der Waals surface area contributed by atoms with Crippen LogP contribution in [0.15, 0.2) is 18.3 Å². The van der Waals surface area contributed by atoms with E-state index in [2.05, 4.69) is 24.1 Å². The van der Waals surface area contributed by atoms with Crippen LogP contribution >= 0.6 is 0 Å². The van der Waals surface area contributed by atoms with Gasteiger partial charge in [0, 0.05) is 19.2 Å². The summed E-state index contributed by atoms with van der Waals surface area (Å²) in [6.07, 6.45) is 2.51. The number of pyridine rings is 1. The molecule has 2 N–H and O–H groups in total. The van der Waals surface area contributed by atoms with Crippen LogP contribution in [0.5, 0.6) is 0 Å². The third-order valence-corrected chi connectivity index (χ3v) is 2.73. The van der Waals surface area contributed by atoms with Crippen molar-refractivity contribution in [1.82, 2.24) is 4.98 Å². The lowest BCUT2D eigenvalue weighted by molar-refractivity contribution is -0.138. The van der Waals surface area contributed by atoms with Gasteiger partial charge in [-0.15, -0.1) is 0 Å². The Morgan fingerprint density at radius 1 is 1.53 bits per heavy atom. The lowest BCUT2D eigenvalue weighted by Gasteiger charge is -2.18. The van der Waals surface area contributed by atoms with E-state index in [0.29, 0.717) is 23.8 Å². The summed E-state index contributed by atoms with van der Waals surface area (Å²) in [5, 5.41) is 20.7. The Bertz CT molecular complexity index is 449. The van der Waals surface area contributed by atoms with Gasteiger partial charge in [0.15, 0.2) is 0 Å². The number of nitrogens with zero attached hydrogens (tertiary/aromatic N) is 2. The highest BCUT2D eigenvalue weighted by atomic mass is 16.4. The second-order valence-corrected chi connectivity index (χ2v) is 5.02. The minimum atomic E-state index is -0.778. The molecule has 0 radical (unpaired) electrons. The van der Waals surface area contributed by atoms with Gasteiger partial charge in [0.05, 0.1) is 5.56 Å². The number of hydrogen-bond acceptors (Lipinski definition) is 4. The van der Waals surface area contributed by atoms with Gasteiger partial charge >= 0.3 is 5.97 Å². The first-order valence-electron chi connectivity index (χ1n) is 6.33. The van der Waals surface area contributed by atoms with Crippen molar-refractivity contribution in [2.75, 3.05) is 11.9 Å². The van der Waals surface area contributed by atoms with Crippen LogP contribution in [-0.4, -0.2) is 22.6 Å². The van der Waals surface area contributed by atoms with Crippen molar-refractivity contribution < 1.29 is 9.90 Å². The molecule has 1 heterocycles. The SMILES string of the molecule is CC(C)CC(CNc1ccc(C#N)cn1)CC(=O)O. The molecule has 0 aliphatic heterocycles. The van der Waals surface area contributed by atoms with Gasteiger partial charge in [0.25, 0.3) is 0 Å². The summed E-state index contributed by atoms with van der Waals surface area (Å²) in [4.78, 5) is 14.9. The second-order valence-electron chi connectivity index (χ2n) is 5.02. The fourth-order valence-electron chi connectivity index (χ4n) is 1.97. The highest BCUT2D eigenvalue weighted by Crippen LogP contribution is 2.16. The summed E-state index contributed by atoms with van der Waals surface area (Å²) >= 11 is 0. The van der Waals surface area contributed by atoms with Gasteiger partial charge in [-0.1, -0.05) is 13.8 Å². The fourth-order valence-corrected chi connectivity index (χ4v) is 1.97. The van der Waals surface area contributed by atoms with E-state index in [1.54, 1.807) is 12.1 Å². The van der Waals surface area contributed by atoms with Crippen molar-refractivity contribution >= 4 is 11.8 Å². The number of rotatable bonds is 7. The van der Waals surface area contributed by atoms with Crippen LogP contribution in [0.1, 0.15) is 32.3 Å². The quantitative estimate of drug-likeness (QED) is 0.787. The average molecular weight is 261 g/mol. The smallest absolute Gasteiger partial charge is 0.303 e. The number of aromatic nitrogens is 1. The van der Waals surface area contributed by atoms with Crippen LogP contribution in [0.25, 0.3) is 0 Å². The van der Waals surface area contributed by atoms with Gasteiger partial charge in [-0.25, -0.2) is 4.98 Å². The minimum absolute atomic E-state index is 0.0787. The predicted octanol–water partition coefficient (Wildman–Crippen LogP) is 2.50. The third-order valence-electron chi connectivity index (χ3n) is 2.73. The zero-order valence-corrected chi connectivity index (χ0v) is 11.3. The molecule has 0 amide bonds. The Balaban J connectivity index is 2.54. The summed E-state index contributed by atoms with van der Waals surface area (Å²) in [6, 6.07) is 5.42. The summed E-state index contributed by atoms with van der Waals surface area (Å²) in [6.45, 7) is 4.73. The predicted molar refractivity (Wildman–Crippen MR) is 72.6 cm³/mol. The zero-order valence-electron chi connectivity index (χ0n) is 11.3. The van der Waals surface area contributed by atoms with E-state index in [9.17, 15) is 4.79 Å². The average Bonchev–Trinajstić information content (AvgIpc) is 2.35. The molecule has 0 saturated carbocycles. The lowest BCUT2D eigenvalue weighted by Crippen LogP contribution is -2.20. The fraction of sp³-hybridized carbons (Fsp3) is 0.500. The molecule has 0 bridgehead atoms. The van der Waals surface area contributed by atoms with Crippen LogP contribution in [-0.2, 0) is 4.79 Å². The van der Waals surface area contributed by atoms with Crippen LogP contribution in [0, 0.1) is 23.2 Å². The molecule has 5 nitrogen and oxygen atoms in total. The Labute approximate surface area is 113 Å². The number of anilines is 1. The molecular formula is C14H19N3O2. The number of hydrogen-bond donors (Lipinski definition) is 2. The van der Waals surface area contributed by atoms with Crippen LogP contribution in [0.3, 0.4) is 0 Å². The number of carbonyl (C=O) groups is 1. The molecule has 1 aromatic heterocycles. The second kappa shape index (κ2) is 7.37. The number of nitriles is 1. The van der Waals surface area contributed by atoms with Crippen molar-refractivity contribution in [2.45, 2.75) is 26.7 Å². The van der Waals surface area contributed by atoms with Crippen molar-refractivity contribution in [1.29, 1.82) is 5.26 Å². The Morgan fingerprint density at radius 3 is 2.74 bits per heavy atom. The number of carboxylic acids is 1. The van der Waals surface area contributed by atoms with Crippen molar-refractivity contribution in [3.05, 3.63) is 23.9 Å². The van der Waals surface area contributed by atoms with E-state index >= 15 is 0 Å². The minimum Gasteiger partial charge on any atom is -0.481 e. The molecule has 0 aliphatic carbocycles. The maximum atomic E-state index is 10.8. The van der Waals surface area contributed by atoms with Gasteiger partial charge in [-0.05, 0) is 30.4 Å². The highest BCUT2D eigenvalue weighted by Gasteiger charge is 2.15. The molecule has 1 atom stereocenters. The molecule has 0 spiro atoms. The Hall–Kier alpha value is -2.09. The van der Waals surface area contributed by atoms with Crippen molar-refractivity contribution in [2.24, 2.45) is 11.8 Å². The van der Waals surface area contributed by atoms with E-state index in [4.69, 9.17) is 10.4 Å². The number of nitrogens with one attached hydrogen (secondary N) is 1. The van der Waals surface area contributed by atoms with Gasteiger partial charge in [0.1, 0.15) is 11.9 Å². The lowest BCUT2D eigenvalue weighted by atomic mass is 9.94. The monoisotopic (exact) mass is 261 g/mol. The molecule has 1 aromatic rings. The van der Waals surface area contributed by atoms with Gasteiger partial charge in [0.2, 0.25) is 0 Å². The molecule has 1 rings (SSSR count). The molecular weight excluding hydrogens is 242 g/mol. The Kier molecular flexibility index (Phi) is 5.80. The first kappa shape index (κ1) is 15.0. The summed E-state index contributed by atoms with van der Waals surface area (Å²) in [5.74, 6) is 0.424. The molecule has 0 aliphatic rings. The largest absolute Gasteiger partial charge is 0.481 e. The van der Waals surface area contributed by atoms with E-state index in [0.717, 1.165) is 6.42 Å².